The molecule has 1 atom stereocenters. The fourth-order valence-electron chi connectivity index (χ4n) is 1.90. The number of nitrogens with one attached hydrogen (secondary N) is 1. The zero-order valence-electron chi connectivity index (χ0n) is 9.44. The molecule has 0 spiro atoms. The summed E-state index contributed by atoms with van der Waals surface area (Å²) in [6, 6.07) is 9.98. The van der Waals surface area contributed by atoms with E-state index in [1.807, 2.05) is 24.3 Å². The Morgan fingerprint density at radius 1 is 1.38 bits per heavy atom. The summed E-state index contributed by atoms with van der Waals surface area (Å²) in [5, 5.41) is 12.4. The van der Waals surface area contributed by atoms with Gasteiger partial charge in [0.2, 0.25) is 0 Å². The minimum atomic E-state index is -0.0536. The van der Waals surface area contributed by atoms with Gasteiger partial charge in [0.25, 0.3) is 0 Å². The van der Waals surface area contributed by atoms with E-state index in [2.05, 4.69) is 11.4 Å². The van der Waals surface area contributed by atoms with Crippen LogP contribution in [0.1, 0.15) is 19.3 Å². The maximum absolute atomic E-state index is 9.09. The predicted molar refractivity (Wildman–Crippen MR) is 63.4 cm³/mol. The zero-order valence-corrected chi connectivity index (χ0v) is 9.44. The van der Waals surface area contributed by atoms with Gasteiger partial charge in [0, 0.05) is 5.69 Å². The van der Waals surface area contributed by atoms with Gasteiger partial charge < -0.3 is 10.1 Å². The van der Waals surface area contributed by atoms with Gasteiger partial charge in [-0.05, 0) is 43.0 Å². The minimum absolute atomic E-state index is 0.0536. The molecule has 0 heterocycles. The lowest BCUT2D eigenvalue weighted by atomic mass is 9.80. The van der Waals surface area contributed by atoms with Gasteiger partial charge in [-0.1, -0.05) is 6.42 Å². The van der Waals surface area contributed by atoms with Crippen LogP contribution < -0.4 is 10.1 Å². The van der Waals surface area contributed by atoms with E-state index in [-0.39, 0.29) is 6.04 Å². The molecule has 1 fully saturated rings. The average Bonchev–Trinajstić information content (AvgIpc) is 2.26. The summed E-state index contributed by atoms with van der Waals surface area (Å²) >= 11 is 0. The number of methoxy groups -OCH3 is 1. The van der Waals surface area contributed by atoms with Gasteiger partial charge in [-0.15, -0.1) is 0 Å². The molecule has 0 aromatic heterocycles. The van der Waals surface area contributed by atoms with Crippen molar-refractivity contribution in [2.75, 3.05) is 12.4 Å². The number of nitrogens with zero attached hydrogens (tertiary/aromatic N) is 1. The highest BCUT2D eigenvalue weighted by molar-refractivity contribution is 5.48. The smallest absolute Gasteiger partial charge is 0.119 e. The number of benzene rings is 1. The third-order valence-electron chi connectivity index (χ3n) is 3.17. The van der Waals surface area contributed by atoms with Crippen LogP contribution in [0.4, 0.5) is 5.69 Å². The fourth-order valence-corrected chi connectivity index (χ4v) is 1.90. The second kappa shape index (κ2) is 4.89. The van der Waals surface area contributed by atoms with Crippen molar-refractivity contribution in [3.63, 3.8) is 0 Å². The Morgan fingerprint density at radius 3 is 2.50 bits per heavy atom. The molecule has 1 aromatic carbocycles. The molecule has 3 nitrogen and oxygen atoms in total. The summed E-state index contributed by atoms with van der Waals surface area (Å²) in [6.07, 6.45) is 3.59. The lowest BCUT2D eigenvalue weighted by molar-refractivity contribution is 0.303. The Morgan fingerprint density at radius 2 is 2.06 bits per heavy atom. The van der Waals surface area contributed by atoms with E-state index in [0.717, 1.165) is 11.4 Å². The molecule has 0 aliphatic heterocycles. The van der Waals surface area contributed by atoms with Crippen molar-refractivity contribution in [1.82, 2.24) is 0 Å². The van der Waals surface area contributed by atoms with Crippen molar-refractivity contribution in [3.8, 4) is 11.8 Å². The Balaban J connectivity index is 1.98. The molecular formula is C13H16N2O. The average molecular weight is 216 g/mol. The summed E-state index contributed by atoms with van der Waals surface area (Å²) < 4.78 is 5.09. The van der Waals surface area contributed by atoms with Crippen molar-refractivity contribution < 1.29 is 4.74 Å². The molecular weight excluding hydrogens is 200 g/mol. The molecule has 16 heavy (non-hydrogen) atoms. The molecule has 0 amide bonds. The zero-order chi connectivity index (χ0) is 11.4. The molecule has 1 unspecified atom stereocenters. The fraction of sp³-hybridized carbons (Fsp3) is 0.462. The summed E-state index contributed by atoms with van der Waals surface area (Å²) in [4.78, 5) is 0. The summed E-state index contributed by atoms with van der Waals surface area (Å²) in [5.41, 5.74) is 0.985. The SMILES string of the molecule is COc1ccc(NC(C#N)C2CCC2)cc1. The van der Waals surface area contributed by atoms with Crippen molar-refractivity contribution in [2.24, 2.45) is 5.92 Å². The quantitative estimate of drug-likeness (QED) is 0.841. The van der Waals surface area contributed by atoms with E-state index in [9.17, 15) is 0 Å². The maximum atomic E-state index is 9.09. The van der Waals surface area contributed by atoms with Crippen LogP contribution in [0.2, 0.25) is 0 Å². The van der Waals surface area contributed by atoms with Gasteiger partial charge >= 0.3 is 0 Å². The topological polar surface area (TPSA) is 45.0 Å². The van der Waals surface area contributed by atoms with Gasteiger partial charge in [0.1, 0.15) is 11.8 Å². The lowest BCUT2D eigenvalue weighted by Gasteiger charge is -2.30. The minimum Gasteiger partial charge on any atom is -0.497 e. The molecule has 2 rings (SSSR count). The standard InChI is InChI=1S/C13H16N2O/c1-16-12-7-5-11(6-8-12)15-13(9-14)10-3-2-4-10/h5-8,10,13,15H,2-4H2,1H3. The number of hydrogen-bond acceptors (Lipinski definition) is 3. The Bertz CT molecular complexity index is 376. The Hall–Kier alpha value is -1.69. The first-order valence-corrected chi connectivity index (χ1v) is 5.63. The second-order valence-corrected chi connectivity index (χ2v) is 4.17. The largest absolute Gasteiger partial charge is 0.497 e. The van der Waals surface area contributed by atoms with Crippen LogP contribution in [0.25, 0.3) is 0 Å². The first kappa shape index (κ1) is 10.8. The number of nitriles is 1. The van der Waals surface area contributed by atoms with Crippen LogP contribution in [-0.4, -0.2) is 13.2 Å². The molecule has 1 aliphatic rings. The monoisotopic (exact) mass is 216 g/mol. The van der Waals surface area contributed by atoms with Crippen molar-refractivity contribution in [3.05, 3.63) is 24.3 Å². The lowest BCUT2D eigenvalue weighted by Crippen LogP contribution is -2.32. The first-order chi connectivity index (χ1) is 7.83. The first-order valence-electron chi connectivity index (χ1n) is 5.63. The summed E-state index contributed by atoms with van der Waals surface area (Å²) in [5.74, 6) is 1.36. The van der Waals surface area contributed by atoms with Crippen LogP contribution in [0.15, 0.2) is 24.3 Å². The number of hydrogen-bond donors (Lipinski definition) is 1. The summed E-state index contributed by atoms with van der Waals surface area (Å²) in [6.45, 7) is 0. The molecule has 1 saturated carbocycles. The Labute approximate surface area is 96.0 Å². The van der Waals surface area contributed by atoms with Crippen LogP contribution in [0.5, 0.6) is 5.75 Å². The molecule has 0 saturated heterocycles. The van der Waals surface area contributed by atoms with Gasteiger partial charge in [-0.25, -0.2) is 0 Å². The van der Waals surface area contributed by atoms with Gasteiger partial charge in [0.05, 0.1) is 13.2 Å². The van der Waals surface area contributed by atoms with E-state index < -0.39 is 0 Å². The van der Waals surface area contributed by atoms with Crippen LogP contribution in [0.3, 0.4) is 0 Å². The van der Waals surface area contributed by atoms with Gasteiger partial charge in [-0.3, -0.25) is 0 Å². The highest BCUT2D eigenvalue weighted by Gasteiger charge is 2.26. The third kappa shape index (κ3) is 2.27. The van der Waals surface area contributed by atoms with E-state index >= 15 is 0 Å². The molecule has 3 heteroatoms. The van der Waals surface area contributed by atoms with Crippen molar-refractivity contribution in [2.45, 2.75) is 25.3 Å². The highest BCUT2D eigenvalue weighted by atomic mass is 16.5. The van der Waals surface area contributed by atoms with E-state index in [1.54, 1.807) is 7.11 Å². The van der Waals surface area contributed by atoms with E-state index in [4.69, 9.17) is 10.00 Å². The maximum Gasteiger partial charge on any atom is 0.119 e. The van der Waals surface area contributed by atoms with Crippen molar-refractivity contribution in [1.29, 1.82) is 5.26 Å². The summed E-state index contributed by atoms with van der Waals surface area (Å²) in [7, 11) is 1.65. The molecule has 1 aliphatic carbocycles. The number of ether oxygens (including phenoxy) is 1. The molecule has 84 valence electrons. The molecule has 0 radical (unpaired) electrons. The third-order valence-corrected chi connectivity index (χ3v) is 3.17. The van der Waals surface area contributed by atoms with E-state index in [0.29, 0.717) is 5.92 Å². The van der Waals surface area contributed by atoms with Crippen LogP contribution in [-0.2, 0) is 0 Å². The normalized spacial score (nSPS) is 17.0. The van der Waals surface area contributed by atoms with Crippen LogP contribution in [0, 0.1) is 17.2 Å². The second-order valence-electron chi connectivity index (χ2n) is 4.17. The number of anilines is 1. The highest BCUT2D eigenvalue weighted by Crippen LogP contribution is 2.31. The van der Waals surface area contributed by atoms with Gasteiger partial charge in [0.15, 0.2) is 0 Å². The predicted octanol–water partition coefficient (Wildman–Crippen LogP) is 2.80. The molecule has 0 bridgehead atoms. The van der Waals surface area contributed by atoms with Gasteiger partial charge in [-0.2, -0.15) is 5.26 Å². The molecule has 1 aromatic rings. The Kier molecular flexibility index (Phi) is 3.31. The van der Waals surface area contributed by atoms with Crippen molar-refractivity contribution >= 4 is 5.69 Å². The van der Waals surface area contributed by atoms with Crippen LogP contribution >= 0.6 is 0 Å². The molecule has 1 N–H and O–H groups in total. The van der Waals surface area contributed by atoms with E-state index in [1.165, 1.54) is 19.3 Å². The number of rotatable bonds is 4.